The molecule has 0 N–H and O–H groups in total. The molecule has 0 saturated heterocycles. The van der Waals surface area contributed by atoms with Crippen LogP contribution in [0.5, 0.6) is 0 Å². The summed E-state index contributed by atoms with van der Waals surface area (Å²) >= 11 is 11.1. The molecule has 0 spiro atoms. The third-order valence-corrected chi connectivity index (χ3v) is 1.11. The summed E-state index contributed by atoms with van der Waals surface area (Å²) in [6.07, 6.45) is 0. The van der Waals surface area contributed by atoms with Gasteiger partial charge in [0.25, 0.3) is 0 Å². The second-order valence-electron chi connectivity index (χ2n) is 1.64. The monoisotopic (exact) mass is 279 g/mol. The number of nitriles is 3. The molecule has 3 nitrogen and oxygen atoms in total. The normalized spacial score (nSPS) is 5.12. The van der Waals surface area contributed by atoms with Crippen molar-refractivity contribution in [2.75, 3.05) is 0 Å². The number of hydrogen-bond donors (Lipinski definition) is 0. The van der Waals surface area contributed by atoms with Crippen molar-refractivity contribution in [2.45, 2.75) is 0 Å². The van der Waals surface area contributed by atoms with Crippen molar-refractivity contribution in [3.05, 3.63) is 30.3 Å². The highest BCUT2D eigenvalue weighted by Gasteiger charge is 1.72. The zero-order chi connectivity index (χ0) is 13.2. The number of benzene rings is 1. The minimum atomic E-state index is 1.13. The second kappa shape index (κ2) is 23.4. The number of nitrogens with zero attached hydrogens (tertiary/aromatic N) is 3. The standard InChI is InChI=1S/C6H5Si.3CHNS/c7-6-4-2-1-3-5-6;3*2-1-3/h1-5H;3*3H/p-3. The van der Waals surface area contributed by atoms with Crippen LogP contribution < -0.4 is 5.19 Å². The Balaban J connectivity index is -0.000000161. The van der Waals surface area contributed by atoms with Gasteiger partial charge in [0.15, 0.2) is 0 Å². The summed E-state index contributed by atoms with van der Waals surface area (Å²) in [6, 6.07) is 9.96. The molecule has 0 atom stereocenters. The van der Waals surface area contributed by atoms with Crippen LogP contribution in [0.25, 0.3) is 0 Å². The van der Waals surface area contributed by atoms with Crippen molar-refractivity contribution in [3.8, 4) is 16.2 Å². The molecule has 1 aromatic carbocycles. The topological polar surface area (TPSA) is 71.4 Å². The quantitative estimate of drug-likeness (QED) is 0.392. The number of thiocyanates is 3. The molecule has 0 aliphatic carbocycles. The Bertz CT molecular complexity index is 322. The Morgan fingerprint density at radius 2 is 1.06 bits per heavy atom. The van der Waals surface area contributed by atoms with Crippen molar-refractivity contribution in [2.24, 2.45) is 0 Å². The lowest BCUT2D eigenvalue weighted by Crippen LogP contribution is -1.97. The van der Waals surface area contributed by atoms with Gasteiger partial charge in [-0.05, 0) is 0 Å². The summed E-state index contributed by atoms with van der Waals surface area (Å²) in [4.78, 5) is 0. The van der Waals surface area contributed by atoms with E-state index in [9.17, 15) is 0 Å². The van der Waals surface area contributed by atoms with Gasteiger partial charge in [-0.15, -0.1) is 0 Å². The molecule has 0 unspecified atom stereocenters. The summed E-state index contributed by atoms with van der Waals surface area (Å²) in [6.45, 7) is 0. The van der Waals surface area contributed by atoms with E-state index in [0.29, 0.717) is 0 Å². The molecule has 0 heterocycles. The maximum absolute atomic E-state index is 7.13. The lowest BCUT2D eigenvalue weighted by Gasteiger charge is -1.82. The van der Waals surface area contributed by atoms with Crippen LogP contribution in [0.4, 0.5) is 0 Å². The molecular formula is C9H5N3S3Si-3. The predicted molar refractivity (Wildman–Crippen MR) is 70.8 cm³/mol. The van der Waals surface area contributed by atoms with E-state index in [4.69, 9.17) is 15.8 Å². The Hall–Kier alpha value is -1.43. The largest absolute Gasteiger partial charge is 0.696 e. The molecule has 0 saturated carbocycles. The molecule has 0 aromatic heterocycles. The summed E-state index contributed by atoms with van der Waals surface area (Å²) in [7, 11) is 3.36. The van der Waals surface area contributed by atoms with E-state index in [1.54, 1.807) is 0 Å². The average molecular weight is 279 g/mol. The molecule has 0 fully saturated rings. The van der Waals surface area contributed by atoms with Gasteiger partial charge in [-0.3, -0.25) is 0 Å². The van der Waals surface area contributed by atoms with E-state index >= 15 is 0 Å². The maximum atomic E-state index is 7.13. The van der Waals surface area contributed by atoms with Gasteiger partial charge in [0.2, 0.25) is 0 Å². The van der Waals surface area contributed by atoms with Crippen molar-refractivity contribution in [1.29, 1.82) is 15.8 Å². The maximum Gasteiger partial charge on any atom is 0.0711 e. The number of rotatable bonds is 0. The van der Waals surface area contributed by atoms with Crippen LogP contribution in [-0.2, 0) is 37.9 Å². The fourth-order valence-electron chi connectivity index (χ4n) is 0.438. The van der Waals surface area contributed by atoms with E-state index in [2.05, 4.69) is 48.1 Å². The van der Waals surface area contributed by atoms with Crippen LogP contribution >= 0.6 is 0 Å². The van der Waals surface area contributed by atoms with Crippen LogP contribution in [0, 0.1) is 32.0 Å². The summed E-state index contributed by atoms with van der Waals surface area (Å²) < 4.78 is 0. The fourth-order valence-corrected chi connectivity index (χ4v) is 0.631. The van der Waals surface area contributed by atoms with Crippen molar-refractivity contribution in [1.82, 2.24) is 0 Å². The van der Waals surface area contributed by atoms with Gasteiger partial charge in [0.05, 0.1) is 10.2 Å². The van der Waals surface area contributed by atoms with Gasteiger partial charge in [-0.2, -0.15) is 0 Å². The van der Waals surface area contributed by atoms with Crippen LogP contribution in [0.2, 0.25) is 0 Å². The van der Waals surface area contributed by atoms with Crippen LogP contribution in [0.3, 0.4) is 0 Å². The van der Waals surface area contributed by atoms with E-state index in [1.165, 1.54) is 16.2 Å². The molecule has 1 aromatic rings. The van der Waals surface area contributed by atoms with E-state index in [1.807, 2.05) is 30.3 Å². The lowest BCUT2D eigenvalue weighted by molar-refractivity contribution is 1.57. The molecule has 3 radical (unpaired) electrons. The summed E-state index contributed by atoms with van der Waals surface area (Å²) in [5, 5.41) is 26.5. The molecule has 16 heavy (non-hydrogen) atoms. The smallest absolute Gasteiger partial charge is 0.0711 e. The third-order valence-electron chi connectivity index (χ3n) is 0.774. The van der Waals surface area contributed by atoms with Crippen molar-refractivity contribution < 1.29 is 0 Å². The van der Waals surface area contributed by atoms with Gasteiger partial charge >= 0.3 is 0 Å². The number of hydrogen-bond acceptors (Lipinski definition) is 6. The van der Waals surface area contributed by atoms with Gasteiger partial charge in [0.1, 0.15) is 0 Å². The fraction of sp³-hybridized carbons (Fsp3) is 0. The predicted octanol–water partition coefficient (Wildman–Crippen LogP) is 0.524. The Kier molecular flexibility index (Phi) is 29.3. The van der Waals surface area contributed by atoms with Crippen LogP contribution in [-0.4, -0.2) is 10.2 Å². The highest BCUT2D eigenvalue weighted by atomic mass is 32.1. The van der Waals surface area contributed by atoms with Crippen LogP contribution in [0.1, 0.15) is 0 Å². The Labute approximate surface area is 115 Å². The average Bonchev–Trinajstić information content (AvgIpc) is 2.22. The minimum Gasteiger partial charge on any atom is -0.696 e. The first-order valence-corrected chi connectivity index (χ1v) is 5.17. The first-order chi connectivity index (χ1) is 7.64. The SMILES string of the molecule is N#C[S-].N#C[S-].N#C[S-].[Si]c1ccccc1. The molecule has 0 amide bonds. The lowest BCUT2D eigenvalue weighted by atomic mass is 10.4. The molecule has 0 aliphatic heterocycles. The molecule has 1 rings (SSSR count). The van der Waals surface area contributed by atoms with Crippen molar-refractivity contribution in [3.63, 3.8) is 0 Å². The summed E-state index contributed by atoms with van der Waals surface area (Å²) in [5.41, 5.74) is 0. The van der Waals surface area contributed by atoms with Gasteiger partial charge < -0.3 is 37.9 Å². The highest BCUT2D eigenvalue weighted by Crippen LogP contribution is 1.76. The van der Waals surface area contributed by atoms with E-state index < -0.39 is 0 Å². The third kappa shape index (κ3) is 39.0. The zero-order valence-corrected chi connectivity index (χ0v) is 11.4. The first kappa shape index (κ1) is 20.0. The Morgan fingerprint density at radius 1 is 0.812 bits per heavy atom. The van der Waals surface area contributed by atoms with Gasteiger partial charge in [-0.25, -0.2) is 15.8 Å². The first-order valence-electron chi connectivity index (χ1n) is 3.44. The molecule has 7 heteroatoms. The zero-order valence-electron chi connectivity index (χ0n) is 7.95. The second-order valence-corrected chi connectivity index (χ2v) is 2.76. The summed E-state index contributed by atoms with van der Waals surface area (Å²) in [5.74, 6) is 0. The van der Waals surface area contributed by atoms with Crippen molar-refractivity contribution >= 4 is 53.3 Å². The van der Waals surface area contributed by atoms with Crippen LogP contribution in [0.15, 0.2) is 30.3 Å². The molecule has 81 valence electrons. The molecule has 0 bridgehead atoms. The molecular weight excluding hydrogens is 274 g/mol. The highest BCUT2D eigenvalue weighted by molar-refractivity contribution is 7.64. The van der Waals surface area contributed by atoms with E-state index in [0.717, 1.165) is 5.19 Å². The van der Waals surface area contributed by atoms with E-state index in [-0.39, 0.29) is 0 Å². The van der Waals surface area contributed by atoms with Gasteiger partial charge in [-0.1, -0.05) is 51.7 Å². The van der Waals surface area contributed by atoms with Gasteiger partial charge in [0, 0.05) is 0 Å². The Morgan fingerprint density at radius 3 is 1.19 bits per heavy atom. The molecule has 0 aliphatic rings. The minimum absolute atomic E-state index is 1.13.